The molecule has 4 rings (SSSR count). The SMILES string of the molecule is CC1C2=C[CH]([Ni][CH]3C=C4C(=N3)N(C)C(C)(C)C4C)N=C2N(C)C1(C)C. The van der Waals surface area contributed by atoms with Crippen LogP contribution in [-0.4, -0.2) is 56.7 Å². The summed E-state index contributed by atoms with van der Waals surface area (Å²) in [5, 5.41) is 0.411. The maximum absolute atomic E-state index is 5.01. The van der Waals surface area contributed by atoms with Gasteiger partial charge in [-0.3, -0.25) is 0 Å². The second kappa shape index (κ2) is 5.22. The van der Waals surface area contributed by atoms with Crippen LogP contribution in [0, 0.1) is 11.8 Å². The molecular weight excluding hydrogens is 355 g/mol. The van der Waals surface area contributed by atoms with Crippen LogP contribution in [0.15, 0.2) is 33.3 Å². The molecule has 4 nitrogen and oxygen atoms in total. The normalized spacial score (nSPS) is 37.8. The van der Waals surface area contributed by atoms with E-state index >= 15 is 0 Å². The Bertz CT molecular complexity index is 625. The summed E-state index contributed by atoms with van der Waals surface area (Å²) < 4.78 is 0. The van der Waals surface area contributed by atoms with Crippen molar-refractivity contribution in [2.75, 3.05) is 14.1 Å². The van der Waals surface area contributed by atoms with Gasteiger partial charge in [0.25, 0.3) is 0 Å². The Labute approximate surface area is 158 Å². The van der Waals surface area contributed by atoms with Crippen molar-refractivity contribution in [2.24, 2.45) is 21.8 Å². The van der Waals surface area contributed by atoms with Crippen LogP contribution in [0.2, 0.25) is 0 Å². The predicted octanol–water partition coefficient (Wildman–Crippen LogP) is 3.12. The fourth-order valence-corrected chi connectivity index (χ4v) is 5.49. The molecule has 0 aromatic carbocycles. The van der Waals surface area contributed by atoms with Gasteiger partial charge < -0.3 is 0 Å². The van der Waals surface area contributed by atoms with Gasteiger partial charge in [0, 0.05) is 0 Å². The number of aliphatic imine (C=N–C) groups is 2. The molecule has 140 valence electrons. The molecule has 0 radical (unpaired) electrons. The average molecular weight is 385 g/mol. The molecule has 25 heavy (non-hydrogen) atoms. The molecule has 0 aliphatic carbocycles. The van der Waals surface area contributed by atoms with Crippen LogP contribution in [0.3, 0.4) is 0 Å². The van der Waals surface area contributed by atoms with E-state index in [1.54, 1.807) is 14.4 Å². The van der Waals surface area contributed by atoms with E-state index in [4.69, 9.17) is 9.98 Å². The Hall–Kier alpha value is -1.09. The summed E-state index contributed by atoms with van der Waals surface area (Å²) in [5.74, 6) is 3.41. The second-order valence-electron chi connectivity index (χ2n) is 8.80. The zero-order valence-electron chi connectivity index (χ0n) is 16.6. The summed E-state index contributed by atoms with van der Waals surface area (Å²) in [6.07, 6.45) is 4.74. The zero-order chi connectivity index (χ0) is 18.3. The van der Waals surface area contributed by atoms with E-state index in [0.717, 1.165) is 0 Å². The van der Waals surface area contributed by atoms with E-state index in [-0.39, 0.29) is 21.1 Å². The molecule has 2 fully saturated rings. The first kappa shape index (κ1) is 17.3. The molecule has 0 spiro atoms. The number of nitrogens with zero attached hydrogens (tertiary/aromatic N) is 4. The van der Waals surface area contributed by atoms with Gasteiger partial charge in [-0.1, -0.05) is 0 Å². The van der Waals surface area contributed by atoms with Crippen LogP contribution in [0.5, 0.6) is 0 Å². The number of amidine groups is 2. The fourth-order valence-electron chi connectivity index (χ4n) is 4.21. The maximum atomic E-state index is 5.01. The van der Waals surface area contributed by atoms with Gasteiger partial charge in [0.2, 0.25) is 0 Å². The number of fused-ring (bicyclic) bond motifs is 2. The number of rotatable bonds is 2. The van der Waals surface area contributed by atoms with Crippen molar-refractivity contribution in [3.05, 3.63) is 23.3 Å². The third-order valence-electron chi connectivity index (χ3n) is 7.24. The van der Waals surface area contributed by atoms with Crippen LogP contribution in [0.1, 0.15) is 41.5 Å². The van der Waals surface area contributed by atoms with Crippen LogP contribution < -0.4 is 0 Å². The molecule has 4 aliphatic heterocycles. The summed E-state index contributed by atoms with van der Waals surface area (Å²) in [7, 11) is 4.35. The van der Waals surface area contributed by atoms with Crippen molar-refractivity contribution in [3.8, 4) is 0 Å². The van der Waals surface area contributed by atoms with Crippen LogP contribution in [0.4, 0.5) is 0 Å². The van der Waals surface area contributed by atoms with Gasteiger partial charge in [-0.2, -0.15) is 0 Å². The molecule has 4 atom stereocenters. The van der Waals surface area contributed by atoms with Crippen molar-refractivity contribution in [2.45, 2.75) is 62.6 Å². The third-order valence-corrected chi connectivity index (χ3v) is 8.50. The Balaban J connectivity index is 1.53. The molecule has 0 aromatic rings. The number of hydrogen-bond acceptors (Lipinski definition) is 4. The molecule has 0 saturated carbocycles. The van der Waals surface area contributed by atoms with Gasteiger partial charge in [-0.05, 0) is 0 Å². The molecule has 2 saturated heterocycles. The Morgan fingerprint density at radius 2 is 1.16 bits per heavy atom. The molecule has 0 N–H and O–H groups in total. The van der Waals surface area contributed by atoms with E-state index in [2.05, 4.69) is 77.6 Å². The monoisotopic (exact) mass is 384 g/mol. The Kier molecular flexibility index (Phi) is 3.62. The van der Waals surface area contributed by atoms with Gasteiger partial charge >= 0.3 is 158 Å². The molecule has 4 unspecified atom stereocenters. The van der Waals surface area contributed by atoms with Gasteiger partial charge in [-0.25, -0.2) is 0 Å². The number of likely N-dealkylation sites (tertiary alicyclic amines) is 2. The summed E-state index contributed by atoms with van der Waals surface area (Å²) in [6, 6.07) is 0. The van der Waals surface area contributed by atoms with Crippen LogP contribution >= 0.6 is 0 Å². The molecule has 0 bridgehead atoms. The van der Waals surface area contributed by atoms with Gasteiger partial charge in [0.05, 0.1) is 0 Å². The van der Waals surface area contributed by atoms with Crippen LogP contribution in [-0.2, 0) is 14.4 Å². The van der Waals surface area contributed by atoms with Crippen molar-refractivity contribution in [3.63, 3.8) is 0 Å². The molecule has 4 aliphatic rings. The van der Waals surface area contributed by atoms with E-state index in [1.807, 2.05) is 0 Å². The summed E-state index contributed by atoms with van der Waals surface area (Å²) in [6.45, 7) is 13.9. The van der Waals surface area contributed by atoms with Crippen LogP contribution in [0.25, 0.3) is 0 Å². The second-order valence-corrected chi connectivity index (χ2v) is 10.3. The number of likely N-dealkylation sites (N-methyl/N-ethyl adjacent to an activating group) is 2. The molecular formula is C20H30N4Ni. The van der Waals surface area contributed by atoms with Crippen molar-refractivity contribution in [1.29, 1.82) is 0 Å². The topological polar surface area (TPSA) is 31.2 Å². The Morgan fingerprint density at radius 1 is 0.800 bits per heavy atom. The van der Waals surface area contributed by atoms with Crippen molar-refractivity contribution in [1.82, 2.24) is 9.80 Å². The summed E-state index contributed by atoms with van der Waals surface area (Å²) in [5.41, 5.74) is 3.14. The quantitative estimate of drug-likeness (QED) is 0.685. The van der Waals surface area contributed by atoms with E-state index in [1.165, 1.54) is 22.8 Å². The zero-order valence-corrected chi connectivity index (χ0v) is 17.6. The van der Waals surface area contributed by atoms with E-state index < -0.39 is 0 Å². The van der Waals surface area contributed by atoms with E-state index in [9.17, 15) is 0 Å². The van der Waals surface area contributed by atoms with Crippen molar-refractivity contribution >= 4 is 11.7 Å². The fraction of sp³-hybridized carbons (Fsp3) is 0.700. The minimum absolute atomic E-state index is 0.152. The summed E-state index contributed by atoms with van der Waals surface area (Å²) in [4.78, 5) is 14.7. The standard InChI is InChI=1S/2C10H15N2.Ni/c2*1-7-8-5-6-11-9(8)12(4)10(7,2)3;/h2*5-7H,1-4H3;. The average Bonchev–Trinajstić information content (AvgIpc) is 3.21. The molecule has 0 amide bonds. The summed E-state index contributed by atoms with van der Waals surface area (Å²) >= 11 is 1.64. The third kappa shape index (κ3) is 2.24. The van der Waals surface area contributed by atoms with Gasteiger partial charge in [-0.15, -0.1) is 0 Å². The van der Waals surface area contributed by atoms with Crippen molar-refractivity contribution < 1.29 is 14.4 Å². The molecule has 0 aromatic heterocycles. The first-order chi connectivity index (χ1) is 11.5. The Morgan fingerprint density at radius 3 is 1.48 bits per heavy atom. The van der Waals surface area contributed by atoms with E-state index in [0.29, 0.717) is 11.8 Å². The molecule has 4 heterocycles. The molecule has 5 heteroatoms. The van der Waals surface area contributed by atoms with Gasteiger partial charge in [0.1, 0.15) is 0 Å². The first-order valence-electron chi connectivity index (χ1n) is 9.17. The minimum atomic E-state index is 0.152. The first-order valence-corrected chi connectivity index (χ1v) is 10.3. The predicted molar refractivity (Wildman–Crippen MR) is 101 cm³/mol. The van der Waals surface area contributed by atoms with Gasteiger partial charge in [0.15, 0.2) is 0 Å². The number of hydrogen-bond donors (Lipinski definition) is 0.